The average Bonchev–Trinajstić information content (AvgIpc) is 2.79. The second-order valence-corrected chi connectivity index (χ2v) is 9.09. The highest BCUT2D eigenvalue weighted by molar-refractivity contribution is 5.78. The number of morpholine rings is 1. The van der Waals surface area contributed by atoms with Gasteiger partial charge in [-0.2, -0.15) is 0 Å². The lowest BCUT2D eigenvalue weighted by molar-refractivity contribution is 0.0172. The standard InChI is InChI=1S/C23H37N5O4/c1-23(2,3)32-22(29)28-11-9-27(10-12-28)21(24)25-17-20(26-13-15-31-16-14-26)18-5-7-19(30-4)8-6-18/h5-8,20H,9-17H2,1-4H3,(H2,24,25). The number of nitrogens with zero attached hydrogens (tertiary/aromatic N) is 4. The zero-order valence-electron chi connectivity index (χ0n) is 19.7. The summed E-state index contributed by atoms with van der Waals surface area (Å²) in [6, 6.07) is 8.25. The van der Waals surface area contributed by atoms with Crippen LogP contribution in [-0.2, 0) is 9.47 Å². The first kappa shape index (κ1) is 24.1. The van der Waals surface area contributed by atoms with E-state index in [2.05, 4.69) is 17.0 Å². The minimum Gasteiger partial charge on any atom is -0.497 e. The van der Waals surface area contributed by atoms with Gasteiger partial charge in [0.1, 0.15) is 11.4 Å². The van der Waals surface area contributed by atoms with Crippen LogP contribution in [0.2, 0.25) is 0 Å². The molecule has 1 aromatic carbocycles. The van der Waals surface area contributed by atoms with Crippen LogP contribution in [0.1, 0.15) is 32.4 Å². The number of hydrogen-bond donors (Lipinski definition) is 1. The number of nitrogens with two attached hydrogens (primary N) is 1. The highest BCUT2D eigenvalue weighted by Crippen LogP contribution is 2.24. The molecule has 0 aliphatic carbocycles. The molecule has 2 N–H and O–H groups in total. The molecule has 2 heterocycles. The summed E-state index contributed by atoms with van der Waals surface area (Å²) in [7, 11) is 1.67. The molecule has 9 nitrogen and oxygen atoms in total. The Labute approximate surface area is 191 Å². The van der Waals surface area contributed by atoms with Crippen LogP contribution in [0.25, 0.3) is 0 Å². The van der Waals surface area contributed by atoms with Gasteiger partial charge in [0.15, 0.2) is 5.96 Å². The Hall–Kier alpha value is -2.52. The Kier molecular flexibility index (Phi) is 8.20. The largest absolute Gasteiger partial charge is 0.497 e. The van der Waals surface area contributed by atoms with Crippen molar-refractivity contribution in [3.05, 3.63) is 29.8 Å². The normalized spacial score (nSPS) is 19.6. The Morgan fingerprint density at radius 3 is 2.22 bits per heavy atom. The van der Waals surface area contributed by atoms with Gasteiger partial charge >= 0.3 is 6.09 Å². The number of ether oxygens (including phenoxy) is 3. The van der Waals surface area contributed by atoms with Gasteiger partial charge < -0.3 is 29.7 Å². The maximum absolute atomic E-state index is 12.3. The van der Waals surface area contributed by atoms with Crippen molar-refractivity contribution in [2.24, 2.45) is 10.7 Å². The van der Waals surface area contributed by atoms with Gasteiger partial charge in [-0.25, -0.2) is 4.79 Å². The third-order valence-electron chi connectivity index (χ3n) is 5.67. The van der Waals surface area contributed by atoms with Crippen LogP contribution in [0.3, 0.4) is 0 Å². The van der Waals surface area contributed by atoms with E-state index in [1.807, 2.05) is 37.8 Å². The lowest BCUT2D eigenvalue weighted by Crippen LogP contribution is -2.53. The van der Waals surface area contributed by atoms with Gasteiger partial charge in [0.05, 0.1) is 32.9 Å². The van der Waals surface area contributed by atoms with Gasteiger partial charge in [-0.1, -0.05) is 12.1 Å². The number of guanidine groups is 1. The zero-order chi connectivity index (χ0) is 23.1. The van der Waals surface area contributed by atoms with E-state index in [-0.39, 0.29) is 12.1 Å². The third-order valence-corrected chi connectivity index (χ3v) is 5.67. The van der Waals surface area contributed by atoms with Crippen LogP contribution < -0.4 is 10.5 Å². The molecule has 32 heavy (non-hydrogen) atoms. The monoisotopic (exact) mass is 447 g/mol. The van der Waals surface area contributed by atoms with Crippen molar-refractivity contribution in [3.63, 3.8) is 0 Å². The lowest BCUT2D eigenvalue weighted by atomic mass is 10.0. The zero-order valence-corrected chi connectivity index (χ0v) is 19.7. The number of methoxy groups -OCH3 is 1. The second kappa shape index (κ2) is 10.9. The molecule has 1 aromatic rings. The number of hydrogen-bond acceptors (Lipinski definition) is 6. The van der Waals surface area contributed by atoms with Gasteiger partial charge in [-0.3, -0.25) is 9.89 Å². The van der Waals surface area contributed by atoms with Crippen molar-refractivity contribution in [2.45, 2.75) is 32.4 Å². The molecule has 0 saturated carbocycles. The molecular weight excluding hydrogens is 410 g/mol. The van der Waals surface area contributed by atoms with Crippen LogP contribution in [0.5, 0.6) is 5.75 Å². The van der Waals surface area contributed by atoms with Gasteiger partial charge in [0.2, 0.25) is 0 Å². The summed E-state index contributed by atoms with van der Waals surface area (Å²) in [5, 5.41) is 0. The van der Waals surface area contributed by atoms with Crippen LogP contribution in [0, 0.1) is 0 Å². The second-order valence-electron chi connectivity index (χ2n) is 9.09. The SMILES string of the molecule is COc1ccc(C(CN=C(N)N2CCN(C(=O)OC(C)(C)C)CC2)N2CCOCC2)cc1. The van der Waals surface area contributed by atoms with E-state index >= 15 is 0 Å². The molecule has 2 aliphatic heterocycles. The van der Waals surface area contributed by atoms with E-state index in [1.54, 1.807) is 12.0 Å². The van der Waals surface area contributed by atoms with Gasteiger partial charge in [-0.05, 0) is 38.5 Å². The molecule has 3 rings (SSSR count). The first-order valence-corrected chi connectivity index (χ1v) is 11.3. The van der Waals surface area contributed by atoms with E-state index in [0.29, 0.717) is 38.7 Å². The van der Waals surface area contributed by atoms with E-state index in [0.717, 1.165) is 32.1 Å². The molecule has 0 bridgehead atoms. The maximum atomic E-state index is 12.3. The predicted octanol–water partition coefficient (Wildman–Crippen LogP) is 1.94. The fourth-order valence-corrected chi connectivity index (χ4v) is 3.87. The molecule has 9 heteroatoms. The van der Waals surface area contributed by atoms with E-state index in [1.165, 1.54) is 5.56 Å². The van der Waals surface area contributed by atoms with Gasteiger partial charge in [0, 0.05) is 39.3 Å². The number of carbonyl (C=O) groups is 1. The minimum atomic E-state index is -0.495. The molecule has 0 radical (unpaired) electrons. The highest BCUT2D eigenvalue weighted by Gasteiger charge is 2.27. The molecule has 0 aromatic heterocycles. The summed E-state index contributed by atoms with van der Waals surface area (Å²) in [5.74, 6) is 1.35. The van der Waals surface area contributed by atoms with E-state index < -0.39 is 5.60 Å². The average molecular weight is 448 g/mol. The fraction of sp³-hybridized carbons (Fsp3) is 0.652. The smallest absolute Gasteiger partial charge is 0.410 e. The molecule has 1 unspecified atom stereocenters. The minimum absolute atomic E-state index is 0.117. The number of aliphatic imine (C=N–C) groups is 1. The quantitative estimate of drug-likeness (QED) is 0.545. The van der Waals surface area contributed by atoms with Crippen molar-refractivity contribution in [1.82, 2.24) is 14.7 Å². The van der Waals surface area contributed by atoms with Crippen LogP contribution >= 0.6 is 0 Å². The molecule has 0 spiro atoms. The summed E-state index contributed by atoms with van der Waals surface area (Å²) in [6.07, 6.45) is -0.278. The Morgan fingerprint density at radius 2 is 1.66 bits per heavy atom. The Morgan fingerprint density at radius 1 is 1.06 bits per heavy atom. The highest BCUT2D eigenvalue weighted by atomic mass is 16.6. The molecular formula is C23H37N5O4. The molecule has 2 saturated heterocycles. The molecule has 2 fully saturated rings. The predicted molar refractivity (Wildman–Crippen MR) is 124 cm³/mol. The number of benzene rings is 1. The molecule has 1 amide bonds. The van der Waals surface area contributed by atoms with Gasteiger partial charge in [0.25, 0.3) is 0 Å². The van der Waals surface area contributed by atoms with Crippen LogP contribution in [-0.4, -0.2) is 98.5 Å². The van der Waals surface area contributed by atoms with Gasteiger partial charge in [-0.15, -0.1) is 0 Å². The number of rotatable bonds is 5. The topological polar surface area (TPSA) is 92.9 Å². The van der Waals surface area contributed by atoms with Crippen molar-refractivity contribution in [1.29, 1.82) is 0 Å². The Balaban J connectivity index is 1.61. The van der Waals surface area contributed by atoms with E-state index in [9.17, 15) is 4.79 Å². The maximum Gasteiger partial charge on any atom is 0.410 e. The summed E-state index contributed by atoms with van der Waals surface area (Å²) in [6.45, 7) is 11.8. The fourth-order valence-electron chi connectivity index (χ4n) is 3.87. The first-order chi connectivity index (χ1) is 15.3. The van der Waals surface area contributed by atoms with Crippen LogP contribution in [0.15, 0.2) is 29.3 Å². The summed E-state index contributed by atoms with van der Waals surface area (Å²) in [5.41, 5.74) is 7.04. The molecule has 1 atom stereocenters. The lowest BCUT2D eigenvalue weighted by Gasteiger charge is -2.37. The Bertz CT molecular complexity index is 764. The van der Waals surface area contributed by atoms with Crippen molar-refractivity contribution < 1.29 is 19.0 Å². The van der Waals surface area contributed by atoms with Crippen molar-refractivity contribution in [3.8, 4) is 5.75 Å². The van der Waals surface area contributed by atoms with Crippen molar-refractivity contribution in [2.75, 3.05) is 66.1 Å². The summed E-state index contributed by atoms with van der Waals surface area (Å²) < 4.78 is 16.3. The van der Waals surface area contributed by atoms with Crippen molar-refractivity contribution >= 4 is 12.1 Å². The number of carbonyl (C=O) groups excluding carboxylic acids is 1. The third kappa shape index (κ3) is 6.74. The summed E-state index contributed by atoms with van der Waals surface area (Å²) in [4.78, 5) is 23.2. The van der Waals surface area contributed by atoms with E-state index in [4.69, 9.17) is 24.9 Å². The number of piperazine rings is 1. The molecule has 178 valence electrons. The molecule has 2 aliphatic rings. The number of amides is 1. The van der Waals surface area contributed by atoms with Crippen LogP contribution in [0.4, 0.5) is 4.79 Å². The summed E-state index contributed by atoms with van der Waals surface area (Å²) >= 11 is 0. The first-order valence-electron chi connectivity index (χ1n) is 11.3.